The van der Waals surface area contributed by atoms with E-state index in [1.807, 2.05) is 11.4 Å². The second kappa shape index (κ2) is 4.62. The summed E-state index contributed by atoms with van der Waals surface area (Å²) in [5.74, 6) is 0. The van der Waals surface area contributed by atoms with Gasteiger partial charge in [0.2, 0.25) is 0 Å². The Kier molecular flexibility index (Phi) is 3.32. The van der Waals surface area contributed by atoms with Gasteiger partial charge in [0.05, 0.1) is 11.4 Å². The molecule has 1 aromatic carbocycles. The second-order valence-electron chi connectivity index (χ2n) is 4.06. The summed E-state index contributed by atoms with van der Waals surface area (Å²) in [7, 11) is -3.64. The zero-order valence-corrected chi connectivity index (χ0v) is 11.7. The molecule has 0 amide bonds. The first kappa shape index (κ1) is 12.9. The Bertz CT molecular complexity index is 662. The molecule has 0 aliphatic heterocycles. The minimum atomic E-state index is -3.64. The summed E-state index contributed by atoms with van der Waals surface area (Å²) in [4.78, 5) is 0.161. The van der Waals surface area contributed by atoms with Crippen molar-refractivity contribution >= 4 is 32.7 Å². The van der Waals surface area contributed by atoms with E-state index in [9.17, 15) is 8.42 Å². The lowest BCUT2D eigenvalue weighted by molar-refractivity contribution is 0.601. The van der Waals surface area contributed by atoms with Crippen LogP contribution >= 0.6 is 11.3 Å². The summed E-state index contributed by atoms with van der Waals surface area (Å²) >= 11 is 1.43. The van der Waals surface area contributed by atoms with Crippen molar-refractivity contribution in [2.24, 2.45) is 0 Å². The van der Waals surface area contributed by atoms with Crippen LogP contribution in [0.5, 0.6) is 0 Å². The number of rotatable bonds is 3. The monoisotopic (exact) mass is 282 g/mol. The molecular weight excluding hydrogens is 268 g/mol. The number of hydrogen-bond donors (Lipinski definition) is 2. The van der Waals surface area contributed by atoms with Crippen LogP contribution < -0.4 is 10.5 Å². The van der Waals surface area contributed by atoms with Gasteiger partial charge in [0.1, 0.15) is 4.90 Å². The highest BCUT2D eigenvalue weighted by molar-refractivity contribution is 7.93. The summed E-state index contributed by atoms with van der Waals surface area (Å²) in [5, 5.41) is 3.54. The number of sulfonamides is 1. The van der Waals surface area contributed by atoms with Crippen LogP contribution in [-0.4, -0.2) is 8.42 Å². The molecule has 3 N–H and O–H groups in total. The zero-order valence-electron chi connectivity index (χ0n) is 10.1. The Morgan fingerprint density at radius 3 is 2.44 bits per heavy atom. The number of hydrogen-bond acceptors (Lipinski definition) is 4. The quantitative estimate of drug-likeness (QED) is 0.850. The number of benzene rings is 1. The van der Waals surface area contributed by atoms with Gasteiger partial charge < -0.3 is 5.73 Å². The molecular formula is C12H14N2O2S2. The molecule has 18 heavy (non-hydrogen) atoms. The number of thiophene rings is 1. The maximum atomic E-state index is 12.3. The van der Waals surface area contributed by atoms with Crippen molar-refractivity contribution in [1.82, 2.24) is 0 Å². The van der Waals surface area contributed by atoms with Gasteiger partial charge in [0.15, 0.2) is 0 Å². The van der Waals surface area contributed by atoms with E-state index >= 15 is 0 Å². The molecule has 0 atom stereocenters. The summed E-state index contributed by atoms with van der Waals surface area (Å²) < 4.78 is 27.1. The number of nitrogen functional groups attached to an aromatic ring is 1. The third kappa shape index (κ3) is 2.34. The average molecular weight is 282 g/mol. The van der Waals surface area contributed by atoms with Crippen molar-refractivity contribution in [3.05, 3.63) is 40.1 Å². The minimum Gasteiger partial charge on any atom is -0.397 e. The van der Waals surface area contributed by atoms with E-state index in [4.69, 9.17) is 5.73 Å². The van der Waals surface area contributed by atoms with Crippen LogP contribution in [0.25, 0.3) is 0 Å². The van der Waals surface area contributed by atoms with Gasteiger partial charge in [-0.15, -0.1) is 0 Å². The highest BCUT2D eigenvalue weighted by atomic mass is 32.2. The lowest BCUT2D eigenvalue weighted by atomic mass is 10.1. The Morgan fingerprint density at radius 2 is 1.83 bits per heavy atom. The van der Waals surface area contributed by atoms with Gasteiger partial charge in [-0.3, -0.25) is 4.72 Å². The number of anilines is 2. The van der Waals surface area contributed by atoms with E-state index in [0.29, 0.717) is 16.9 Å². The van der Waals surface area contributed by atoms with Crippen molar-refractivity contribution in [2.75, 3.05) is 10.5 Å². The van der Waals surface area contributed by atoms with E-state index in [0.717, 1.165) is 5.56 Å². The van der Waals surface area contributed by atoms with Crippen LogP contribution in [-0.2, 0) is 10.0 Å². The molecule has 2 aromatic rings. The SMILES string of the molecule is Cc1ccc(C)c(S(=O)(=O)Nc2ccsc2)c1N. The molecule has 0 unspecified atom stereocenters. The van der Waals surface area contributed by atoms with E-state index in [1.165, 1.54) is 11.3 Å². The number of nitrogens with two attached hydrogens (primary N) is 1. The topological polar surface area (TPSA) is 72.2 Å². The fraction of sp³-hybridized carbons (Fsp3) is 0.167. The van der Waals surface area contributed by atoms with Gasteiger partial charge in [-0.25, -0.2) is 8.42 Å². The predicted octanol–water partition coefficient (Wildman–Crippen LogP) is 2.75. The fourth-order valence-corrected chi connectivity index (χ4v) is 3.84. The highest BCUT2D eigenvalue weighted by Crippen LogP contribution is 2.28. The average Bonchev–Trinajstić information content (AvgIpc) is 2.75. The molecule has 0 saturated heterocycles. The van der Waals surface area contributed by atoms with Crippen molar-refractivity contribution in [2.45, 2.75) is 18.7 Å². The van der Waals surface area contributed by atoms with Crippen LogP contribution in [0, 0.1) is 13.8 Å². The van der Waals surface area contributed by atoms with Gasteiger partial charge in [0, 0.05) is 5.38 Å². The van der Waals surface area contributed by atoms with Crippen molar-refractivity contribution in [1.29, 1.82) is 0 Å². The Morgan fingerprint density at radius 1 is 1.17 bits per heavy atom. The van der Waals surface area contributed by atoms with Gasteiger partial charge in [0.25, 0.3) is 10.0 Å². The summed E-state index contributed by atoms with van der Waals surface area (Å²) in [6, 6.07) is 5.28. The van der Waals surface area contributed by atoms with E-state index in [-0.39, 0.29) is 4.90 Å². The number of nitrogens with one attached hydrogen (secondary N) is 1. The van der Waals surface area contributed by atoms with Gasteiger partial charge >= 0.3 is 0 Å². The lowest BCUT2D eigenvalue weighted by Crippen LogP contribution is -2.16. The third-order valence-electron chi connectivity index (χ3n) is 2.65. The maximum Gasteiger partial charge on any atom is 0.264 e. The molecule has 0 spiro atoms. The lowest BCUT2D eigenvalue weighted by Gasteiger charge is -2.13. The maximum absolute atomic E-state index is 12.3. The van der Waals surface area contributed by atoms with Crippen LogP contribution in [0.2, 0.25) is 0 Å². The molecule has 96 valence electrons. The van der Waals surface area contributed by atoms with Crippen LogP contribution in [0.4, 0.5) is 11.4 Å². The van der Waals surface area contributed by atoms with Gasteiger partial charge in [-0.05, 0) is 36.4 Å². The molecule has 1 aromatic heterocycles. The normalized spacial score (nSPS) is 11.4. The molecule has 0 aliphatic carbocycles. The molecule has 0 radical (unpaired) electrons. The van der Waals surface area contributed by atoms with Crippen molar-refractivity contribution < 1.29 is 8.42 Å². The smallest absolute Gasteiger partial charge is 0.264 e. The molecule has 0 saturated carbocycles. The second-order valence-corrected chi connectivity index (χ2v) is 6.46. The first-order valence-electron chi connectivity index (χ1n) is 5.32. The first-order chi connectivity index (χ1) is 8.42. The summed E-state index contributed by atoms with van der Waals surface area (Å²) in [6.07, 6.45) is 0. The van der Waals surface area contributed by atoms with E-state index in [1.54, 1.807) is 31.4 Å². The molecule has 2 rings (SSSR count). The van der Waals surface area contributed by atoms with Crippen molar-refractivity contribution in [3.63, 3.8) is 0 Å². The fourth-order valence-electron chi connectivity index (χ4n) is 1.69. The molecule has 1 heterocycles. The minimum absolute atomic E-state index is 0.161. The van der Waals surface area contributed by atoms with Gasteiger partial charge in [-0.2, -0.15) is 11.3 Å². The van der Waals surface area contributed by atoms with Crippen LogP contribution in [0.15, 0.2) is 33.9 Å². The number of aryl methyl sites for hydroxylation is 2. The Labute approximate surface area is 111 Å². The third-order valence-corrected chi connectivity index (χ3v) is 4.92. The highest BCUT2D eigenvalue weighted by Gasteiger charge is 2.21. The van der Waals surface area contributed by atoms with Crippen LogP contribution in [0.1, 0.15) is 11.1 Å². The molecule has 0 aliphatic rings. The standard InChI is InChI=1S/C12H14N2O2S2/c1-8-3-4-9(2)12(11(8)13)18(15,16)14-10-5-6-17-7-10/h3-7,14H,13H2,1-2H3. The van der Waals surface area contributed by atoms with E-state index < -0.39 is 10.0 Å². The zero-order chi connectivity index (χ0) is 13.3. The van der Waals surface area contributed by atoms with Crippen LogP contribution in [0.3, 0.4) is 0 Å². The summed E-state index contributed by atoms with van der Waals surface area (Å²) in [5.41, 5.74) is 8.14. The van der Waals surface area contributed by atoms with Crippen molar-refractivity contribution in [3.8, 4) is 0 Å². The molecule has 0 bridgehead atoms. The molecule has 6 heteroatoms. The Balaban J connectivity index is 2.51. The first-order valence-corrected chi connectivity index (χ1v) is 7.75. The summed E-state index contributed by atoms with van der Waals surface area (Å²) in [6.45, 7) is 3.52. The molecule has 0 fully saturated rings. The molecule has 4 nitrogen and oxygen atoms in total. The van der Waals surface area contributed by atoms with Gasteiger partial charge in [-0.1, -0.05) is 12.1 Å². The largest absolute Gasteiger partial charge is 0.397 e. The van der Waals surface area contributed by atoms with E-state index in [2.05, 4.69) is 4.72 Å². The predicted molar refractivity (Wildman–Crippen MR) is 75.5 cm³/mol. The Hall–Kier alpha value is -1.53.